The van der Waals surface area contributed by atoms with Crippen molar-refractivity contribution in [2.45, 2.75) is 24.3 Å². The number of aryl methyl sites for hydroxylation is 1. The number of furan rings is 1. The van der Waals surface area contributed by atoms with Crippen molar-refractivity contribution in [2.75, 3.05) is 0 Å². The third kappa shape index (κ3) is 2.84. The molecule has 0 saturated heterocycles. The third-order valence-corrected chi connectivity index (χ3v) is 4.01. The average molecular weight is 284 g/mol. The minimum absolute atomic E-state index is 0.278. The van der Waals surface area contributed by atoms with Gasteiger partial charge in [-0.3, -0.25) is 4.68 Å². The fourth-order valence-electron chi connectivity index (χ4n) is 1.55. The Labute approximate surface area is 109 Å². The Hall–Kier alpha value is -2.09. The van der Waals surface area contributed by atoms with Gasteiger partial charge in [0.25, 0.3) is 0 Å². The Balaban J connectivity index is 2.24. The molecule has 0 aromatic carbocycles. The van der Waals surface area contributed by atoms with Crippen LogP contribution in [0.1, 0.15) is 23.0 Å². The van der Waals surface area contributed by atoms with Crippen LogP contribution in [0.2, 0.25) is 0 Å². The second-order valence-corrected chi connectivity index (χ2v) is 5.81. The number of hydrogen-bond acceptors (Lipinski definition) is 5. The molecule has 0 spiro atoms. The summed E-state index contributed by atoms with van der Waals surface area (Å²) in [7, 11) is -3.70. The molecular formula is C11H12N2O5S. The number of carboxylic acid groups (broad SMARTS) is 1. The van der Waals surface area contributed by atoms with E-state index in [1.807, 2.05) is 6.92 Å². The van der Waals surface area contributed by atoms with E-state index in [9.17, 15) is 13.2 Å². The van der Waals surface area contributed by atoms with Crippen LogP contribution in [-0.4, -0.2) is 29.3 Å². The van der Waals surface area contributed by atoms with Crippen molar-refractivity contribution in [3.05, 3.63) is 35.9 Å². The summed E-state index contributed by atoms with van der Waals surface area (Å²) in [5, 5.41) is 12.3. The molecule has 0 saturated carbocycles. The Kier molecular flexibility index (Phi) is 3.43. The van der Waals surface area contributed by atoms with Crippen LogP contribution in [-0.2, 0) is 22.1 Å². The highest BCUT2D eigenvalue weighted by Gasteiger charge is 2.22. The van der Waals surface area contributed by atoms with Gasteiger partial charge in [-0.15, -0.1) is 0 Å². The Bertz CT molecular complexity index is 698. The van der Waals surface area contributed by atoms with Gasteiger partial charge in [-0.05, 0) is 19.1 Å². The number of carbonyl (C=O) groups is 1. The van der Waals surface area contributed by atoms with Gasteiger partial charge in [-0.1, -0.05) is 0 Å². The molecule has 19 heavy (non-hydrogen) atoms. The van der Waals surface area contributed by atoms with Crippen LogP contribution in [0.4, 0.5) is 0 Å². The zero-order valence-electron chi connectivity index (χ0n) is 10.1. The first-order valence-corrected chi connectivity index (χ1v) is 7.15. The number of nitrogens with zero attached hydrogens (tertiary/aromatic N) is 2. The minimum Gasteiger partial charge on any atom is -0.475 e. The van der Waals surface area contributed by atoms with Gasteiger partial charge in [-0.25, -0.2) is 13.2 Å². The van der Waals surface area contributed by atoms with Crippen LogP contribution in [0.5, 0.6) is 0 Å². The van der Waals surface area contributed by atoms with Gasteiger partial charge < -0.3 is 9.52 Å². The zero-order chi connectivity index (χ0) is 14.0. The summed E-state index contributed by atoms with van der Waals surface area (Å²) in [6, 6.07) is 2.26. The van der Waals surface area contributed by atoms with Crippen molar-refractivity contribution in [3.8, 4) is 0 Å². The van der Waals surface area contributed by atoms with Gasteiger partial charge in [0.15, 0.2) is 0 Å². The van der Waals surface area contributed by atoms with E-state index in [4.69, 9.17) is 9.52 Å². The molecule has 0 aliphatic heterocycles. The standard InChI is InChI=1S/C11H12N2O5S/c1-2-13-6-8(5-12-13)7-19(16,17)10-4-3-9(18-10)11(14)15/h3-6H,2,7H2,1H3,(H,14,15). The van der Waals surface area contributed by atoms with E-state index in [2.05, 4.69) is 5.10 Å². The van der Waals surface area contributed by atoms with Crippen molar-refractivity contribution in [1.29, 1.82) is 0 Å². The second kappa shape index (κ2) is 4.88. The van der Waals surface area contributed by atoms with E-state index < -0.39 is 21.6 Å². The molecule has 2 rings (SSSR count). The van der Waals surface area contributed by atoms with Crippen LogP contribution >= 0.6 is 0 Å². The topological polar surface area (TPSA) is 102 Å². The molecule has 0 fully saturated rings. The van der Waals surface area contributed by atoms with Crippen molar-refractivity contribution in [1.82, 2.24) is 9.78 Å². The fraction of sp³-hybridized carbons (Fsp3) is 0.273. The fourth-order valence-corrected chi connectivity index (χ4v) is 2.77. The van der Waals surface area contributed by atoms with Crippen molar-refractivity contribution in [3.63, 3.8) is 0 Å². The van der Waals surface area contributed by atoms with E-state index >= 15 is 0 Å². The predicted octanol–water partition coefficient (Wildman–Crippen LogP) is 1.17. The summed E-state index contributed by atoms with van der Waals surface area (Å²) in [6.07, 6.45) is 3.08. The molecule has 0 bridgehead atoms. The van der Waals surface area contributed by atoms with Crippen molar-refractivity contribution in [2.24, 2.45) is 0 Å². The average Bonchev–Trinajstić information content (AvgIpc) is 2.95. The van der Waals surface area contributed by atoms with Crippen molar-refractivity contribution >= 4 is 15.8 Å². The van der Waals surface area contributed by atoms with Crippen LogP contribution in [0.25, 0.3) is 0 Å². The van der Waals surface area contributed by atoms with E-state index in [1.165, 1.54) is 6.20 Å². The highest BCUT2D eigenvalue weighted by atomic mass is 32.2. The quantitative estimate of drug-likeness (QED) is 0.884. The molecule has 0 aliphatic rings. The van der Waals surface area contributed by atoms with Crippen LogP contribution in [0.3, 0.4) is 0 Å². The molecule has 2 aromatic rings. The lowest BCUT2D eigenvalue weighted by Crippen LogP contribution is -2.03. The molecule has 2 heterocycles. The summed E-state index contributed by atoms with van der Waals surface area (Å²) in [6.45, 7) is 2.53. The molecule has 0 amide bonds. The van der Waals surface area contributed by atoms with Gasteiger partial charge in [0.05, 0.1) is 11.9 Å². The summed E-state index contributed by atoms with van der Waals surface area (Å²) >= 11 is 0. The molecule has 102 valence electrons. The SMILES string of the molecule is CCn1cc(CS(=O)(=O)c2ccc(C(=O)O)o2)cn1. The number of carboxylic acids is 1. The monoisotopic (exact) mass is 284 g/mol. The summed E-state index contributed by atoms with van der Waals surface area (Å²) in [4.78, 5) is 10.6. The largest absolute Gasteiger partial charge is 0.475 e. The number of aromatic carboxylic acids is 1. The van der Waals surface area contributed by atoms with Crippen LogP contribution in [0.15, 0.2) is 34.0 Å². The van der Waals surface area contributed by atoms with E-state index in [0.717, 1.165) is 12.1 Å². The lowest BCUT2D eigenvalue weighted by molar-refractivity contribution is 0.0656. The molecule has 8 heteroatoms. The Morgan fingerprint density at radius 2 is 2.21 bits per heavy atom. The first-order chi connectivity index (χ1) is 8.92. The molecule has 7 nitrogen and oxygen atoms in total. The third-order valence-electron chi connectivity index (χ3n) is 2.47. The first-order valence-electron chi connectivity index (χ1n) is 5.49. The molecule has 0 radical (unpaired) electrons. The molecule has 0 unspecified atom stereocenters. The number of sulfone groups is 1. The normalized spacial score (nSPS) is 11.6. The highest BCUT2D eigenvalue weighted by Crippen LogP contribution is 2.19. The minimum atomic E-state index is -3.70. The predicted molar refractivity (Wildman–Crippen MR) is 64.5 cm³/mol. The maximum atomic E-state index is 12.0. The number of hydrogen-bond donors (Lipinski definition) is 1. The van der Waals surface area contributed by atoms with E-state index in [0.29, 0.717) is 12.1 Å². The van der Waals surface area contributed by atoms with Crippen molar-refractivity contribution < 1.29 is 22.7 Å². The summed E-state index contributed by atoms with van der Waals surface area (Å²) in [5.74, 6) is -1.98. The maximum Gasteiger partial charge on any atom is 0.371 e. The van der Waals surface area contributed by atoms with Gasteiger partial charge in [0.1, 0.15) is 0 Å². The molecule has 0 aliphatic carbocycles. The Morgan fingerprint density at radius 3 is 2.74 bits per heavy atom. The molecule has 2 aromatic heterocycles. The number of rotatable bonds is 5. The van der Waals surface area contributed by atoms with Gasteiger partial charge in [-0.2, -0.15) is 5.10 Å². The molecule has 1 N–H and O–H groups in total. The van der Waals surface area contributed by atoms with E-state index in [-0.39, 0.29) is 10.8 Å². The summed E-state index contributed by atoms with van der Waals surface area (Å²) < 4.78 is 30.4. The summed E-state index contributed by atoms with van der Waals surface area (Å²) in [5.41, 5.74) is 0.523. The number of aromatic nitrogens is 2. The van der Waals surface area contributed by atoms with Crippen LogP contribution < -0.4 is 0 Å². The first kappa shape index (κ1) is 13.3. The van der Waals surface area contributed by atoms with E-state index in [1.54, 1.807) is 10.9 Å². The lowest BCUT2D eigenvalue weighted by atomic mass is 10.4. The lowest BCUT2D eigenvalue weighted by Gasteiger charge is -1.98. The molecule has 0 atom stereocenters. The van der Waals surface area contributed by atoms with Gasteiger partial charge in [0, 0.05) is 18.3 Å². The second-order valence-electron chi connectivity index (χ2n) is 3.89. The van der Waals surface area contributed by atoms with Crippen LogP contribution in [0, 0.1) is 0 Å². The zero-order valence-corrected chi connectivity index (χ0v) is 10.9. The van der Waals surface area contributed by atoms with Gasteiger partial charge in [0.2, 0.25) is 20.7 Å². The van der Waals surface area contributed by atoms with Gasteiger partial charge >= 0.3 is 5.97 Å². The Morgan fingerprint density at radius 1 is 1.47 bits per heavy atom. The smallest absolute Gasteiger partial charge is 0.371 e. The molecular weight excluding hydrogens is 272 g/mol. The highest BCUT2D eigenvalue weighted by molar-refractivity contribution is 7.90. The maximum absolute atomic E-state index is 12.0.